The van der Waals surface area contributed by atoms with Crippen LogP contribution in [-0.2, 0) is 0 Å². The number of halogens is 5. The van der Waals surface area contributed by atoms with E-state index < -0.39 is 17.8 Å². The number of aliphatic hydroxyl groups is 1. The van der Waals surface area contributed by atoms with Gasteiger partial charge in [-0.1, -0.05) is 0 Å². The number of rotatable bonds is 8. The van der Waals surface area contributed by atoms with Crippen LogP contribution in [0, 0.1) is 0 Å². The Bertz CT molecular complexity index is 229. The predicted octanol–water partition coefficient (Wildman–Crippen LogP) is -3.18. The van der Waals surface area contributed by atoms with Crippen molar-refractivity contribution < 1.29 is 61.2 Å². The topological polar surface area (TPSA) is 23.5 Å². The fourth-order valence-electron chi connectivity index (χ4n) is 0.996. The maximum atomic E-state index is 12.8. The quantitative estimate of drug-likeness (QED) is 0.218. The summed E-state index contributed by atoms with van der Waals surface area (Å²) in [6.07, 6.45) is -2.56. The average Bonchev–Trinajstić information content (AvgIpc) is 2.27. The first-order chi connectivity index (χ1) is 8.18. The predicted molar refractivity (Wildman–Crippen MR) is 58.3 cm³/mol. The Kier molecular flexibility index (Phi) is 9.00. The molecule has 0 aliphatic carbocycles. The maximum absolute atomic E-state index is 12.8. The van der Waals surface area contributed by atoms with Gasteiger partial charge in [0.15, 0.2) is 0 Å². The summed E-state index contributed by atoms with van der Waals surface area (Å²) < 4.78 is 42.5. The van der Waals surface area contributed by atoms with E-state index in [1.165, 1.54) is 6.92 Å². The van der Waals surface area contributed by atoms with Gasteiger partial charge in [0.1, 0.15) is 0 Å². The fourth-order valence-corrected chi connectivity index (χ4v) is 9.00. The van der Waals surface area contributed by atoms with Gasteiger partial charge in [-0.2, -0.15) is 0 Å². The van der Waals surface area contributed by atoms with Crippen LogP contribution in [0.15, 0.2) is 0 Å². The molecule has 0 aromatic carbocycles. The molecule has 0 aromatic rings. The molecule has 2 atom stereocenters. The van der Waals surface area contributed by atoms with Crippen LogP contribution >= 0.6 is 0 Å². The standard InChI is InChI=1S/C11H22F3I2NO/c1-5-7-15-17(16-8-6-2)9(3)10(4,18)11(12,13)14/h9,18H,5-8H2,1-4H3/q-2. The fraction of sp³-hybridized carbons (Fsp3) is 1.00. The van der Waals surface area contributed by atoms with E-state index in [1.54, 1.807) is 0 Å². The molecule has 0 spiro atoms. The van der Waals surface area contributed by atoms with Gasteiger partial charge in [0, 0.05) is 0 Å². The molecule has 18 heavy (non-hydrogen) atoms. The Morgan fingerprint density at radius 1 is 1.11 bits per heavy atom. The summed E-state index contributed by atoms with van der Waals surface area (Å²) in [6.45, 7) is 6.50. The van der Waals surface area contributed by atoms with Crippen LogP contribution in [0.3, 0.4) is 0 Å². The minimum absolute atomic E-state index is 0.386. The molecule has 1 N–H and O–H groups in total. The van der Waals surface area contributed by atoms with E-state index in [0.29, 0.717) is 0 Å². The number of hydrogen-bond acceptors (Lipinski definition) is 2. The van der Waals surface area contributed by atoms with Crippen molar-refractivity contribution in [2.45, 2.75) is 58.4 Å². The average molecular weight is 495 g/mol. The Labute approximate surface area is 129 Å². The first kappa shape index (κ1) is 19.2. The monoisotopic (exact) mass is 495 g/mol. The first-order valence-corrected chi connectivity index (χ1v) is 10.9. The molecule has 0 aliphatic heterocycles. The van der Waals surface area contributed by atoms with E-state index in [4.69, 9.17) is 0 Å². The molecule has 0 saturated carbocycles. The van der Waals surface area contributed by atoms with Crippen LogP contribution in [0.4, 0.5) is 13.2 Å². The van der Waals surface area contributed by atoms with Gasteiger partial charge in [0.05, 0.1) is 0 Å². The van der Waals surface area contributed by atoms with Gasteiger partial charge in [-0.15, -0.1) is 0 Å². The van der Waals surface area contributed by atoms with Crippen molar-refractivity contribution in [3.63, 3.8) is 0 Å². The van der Waals surface area contributed by atoms with Crippen molar-refractivity contribution in [2.24, 2.45) is 0 Å². The van der Waals surface area contributed by atoms with Crippen molar-refractivity contribution in [1.82, 2.24) is 1.33 Å². The van der Waals surface area contributed by atoms with Crippen molar-refractivity contribution in [2.75, 3.05) is 8.86 Å². The molecule has 0 rings (SSSR count). The van der Waals surface area contributed by atoms with Gasteiger partial charge in [-0.25, -0.2) is 0 Å². The van der Waals surface area contributed by atoms with Crippen molar-refractivity contribution in [3.8, 4) is 0 Å². The molecule has 0 aromatic heterocycles. The van der Waals surface area contributed by atoms with Crippen molar-refractivity contribution in [3.05, 3.63) is 0 Å². The minimum atomic E-state index is -4.56. The van der Waals surface area contributed by atoms with E-state index in [1.807, 2.05) is 15.2 Å². The summed E-state index contributed by atoms with van der Waals surface area (Å²) >= 11 is -0.772. The normalized spacial score (nSPS) is 18.3. The Morgan fingerprint density at radius 3 is 1.78 bits per heavy atom. The molecule has 0 bridgehead atoms. The zero-order valence-corrected chi connectivity index (χ0v) is 15.5. The molecular weight excluding hydrogens is 473 g/mol. The van der Waals surface area contributed by atoms with E-state index >= 15 is 0 Å². The van der Waals surface area contributed by atoms with Gasteiger partial charge in [0.2, 0.25) is 0 Å². The van der Waals surface area contributed by atoms with Gasteiger partial charge in [-0.05, 0) is 0 Å². The Hall–Kier alpha value is 1.17. The van der Waals surface area contributed by atoms with E-state index in [-0.39, 0.29) is 43.0 Å². The third kappa shape index (κ3) is 5.66. The molecule has 0 amide bonds. The summed E-state index contributed by atoms with van der Waals surface area (Å²) in [6, 6.07) is -0.823. The van der Waals surface area contributed by atoms with Gasteiger partial charge in [0.25, 0.3) is 0 Å². The summed E-state index contributed by atoms with van der Waals surface area (Å²) in [5.74, 6) is 0. The molecule has 114 valence electrons. The second-order valence-electron chi connectivity index (χ2n) is 4.20. The van der Waals surface area contributed by atoms with Crippen LogP contribution in [0.1, 0.15) is 40.5 Å². The molecule has 0 fully saturated rings. The second kappa shape index (κ2) is 8.46. The summed E-state index contributed by atoms with van der Waals surface area (Å²) in [7, 11) is 0. The van der Waals surface area contributed by atoms with Crippen LogP contribution < -0.4 is 43.0 Å². The first-order valence-electron chi connectivity index (χ1n) is 5.95. The van der Waals surface area contributed by atoms with Crippen molar-refractivity contribution in [1.29, 1.82) is 0 Å². The van der Waals surface area contributed by atoms with Crippen molar-refractivity contribution >= 4 is 0 Å². The Balaban J connectivity index is 4.76. The molecule has 2 unspecified atom stereocenters. The number of hydrogen-bond donors (Lipinski definition) is 1. The third-order valence-electron chi connectivity index (χ3n) is 2.46. The van der Waals surface area contributed by atoms with E-state index in [2.05, 4.69) is 0 Å². The van der Waals surface area contributed by atoms with Crippen LogP contribution in [-0.4, -0.2) is 33.1 Å². The van der Waals surface area contributed by atoms with E-state index in [0.717, 1.165) is 28.6 Å². The third-order valence-corrected chi connectivity index (χ3v) is 12.0. The zero-order valence-electron chi connectivity index (χ0n) is 11.2. The van der Waals surface area contributed by atoms with Crippen LogP contribution in [0.5, 0.6) is 0 Å². The Morgan fingerprint density at radius 2 is 1.50 bits per heavy atom. The molecule has 2 nitrogen and oxygen atoms in total. The summed E-state index contributed by atoms with van der Waals surface area (Å²) in [5, 5.41) is 9.76. The van der Waals surface area contributed by atoms with Gasteiger partial charge in [-0.3, -0.25) is 0 Å². The number of nitrogens with zero attached hydrogens (tertiary/aromatic N) is 1. The molecule has 0 radical (unpaired) electrons. The molecular formula is C11H22F3I2NO-2. The van der Waals surface area contributed by atoms with Crippen LogP contribution in [0.2, 0.25) is 0 Å². The molecule has 0 aliphatic rings. The van der Waals surface area contributed by atoms with Crippen LogP contribution in [0.25, 0.3) is 0 Å². The molecule has 0 saturated heterocycles. The summed E-state index contributed by atoms with van der Waals surface area (Å²) in [4.78, 5) is 0. The summed E-state index contributed by atoms with van der Waals surface area (Å²) in [5.41, 5.74) is -2.60. The van der Waals surface area contributed by atoms with E-state index in [9.17, 15) is 18.3 Å². The zero-order chi connectivity index (χ0) is 14.4. The second-order valence-corrected chi connectivity index (χ2v) is 11.6. The number of alkyl halides is 5. The SMILES string of the molecule is CCC[I-]N([I-]CCC)C(C)C(C)(O)C(F)(F)F. The molecule has 7 heteroatoms. The van der Waals surface area contributed by atoms with Gasteiger partial charge < -0.3 is 0 Å². The van der Waals surface area contributed by atoms with Gasteiger partial charge >= 0.3 is 130 Å². The molecule has 0 heterocycles.